The van der Waals surface area contributed by atoms with E-state index in [-0.39, 0.29) is 6.61 Å². The Kier molecular flexibility index (Phi) is 4.63. The fourth-order valence-electron chi connectivity index (χ4n) is 2.87. The topological polar surface area (TPSA) is 70.1 Å². The number of thiophene rings is 1. The van der Waals surface area contributed by atoms with Crippen molar-refractivity contribution in [2.45, 2.75) is 23.3 Å². The van der Waals surface area contributed by atoms with E-state index in [1.54, 1.807) is 15.8 Å². The van der Waals surface area contributed by atoms with Crippen LogP contribution in [0.2, 0.25) is 0 Å². The van der Waals surface area contributed by atoms with Gasteiger partial charge in [-0.25, -0.2) is 8.42 Å². The maximum absolute atomic E-state index is 12.6. The number of ether oxygens (including phenoxy) is 1. The number of hydrogen-bond acceptors (Lipinski definition) is 6. The zero-order valence-corrected chi connectivity index (χ0v) is 13.4. The molecular formula is C13H20N2O4S2. The van der Waals surface area contributed by atoms with E-state index in [0.717, 1.165) is 32.7 Å². The monoisotopic (exact) mass is 332 g/mol. The Morgan fingerprint density at radius 2 is 2.10 bits per heavy atom. The third-order valence-electron chi connectivity index (χ3n) is 4.09. The Labute approximate surface area is 129 Å². The highest BCUT2D eigenvalue weighted by Gasteiger charge is 2.36. The molecule has 2 aliphatic heterocycles. The third-order valence-corrected chi connectivity index (χ3v) is 7.42. The number of rotatable bonds is 4. The molecule has 3 rings (SSSR count). The van der Waals surface area contributed by atoms with Crippen LogP contribution >= 0.6 is 11.3 Å². The van der Waals surface area contributed by atoms with Gasteiger partial charge in [-0.2, -0.15) is 4.31 Å². The Morgan fingerprint density at radius 1 is 1.33 bits per heavy atom. The second-order valence-corrected chi connectivity index (χ2v) is 8.46. The molecule has 118 valence electrons. The van der Waals surface area contributed by atoms with E-state index in [4.69, 9.17) is 9.84 Å². The Hall–Kier alpha value is -0.510. The summed E-state index contributed by atoms with van der Waals surface area (Å²) in [5.41, 5.74) is 0.655. The standard InChI is InChI=1S/C13H20N2O4S2/c16-9-11-7-13(20-10-11)21(17,18)15-2-1-12(8-15)14-3-5-19-6-4-14/h7,10,12,16H,1-6,8-9H2. The minimum Gasteiger partial charge on any atom is -0.392 e. The highest BCUT2D eigenvalue weighted by atomic mass is 32.2. The molecule has 0 amide bonds. The molecule has 0 saturated carbocycles. The fourth-order valence-corrected chi connectivity index (χ4v) is 5.71. The summed E-state index contributed by atoms with van der Waals surface area (Å²) in [7, 11) is -3.42. The lowest BCUT2D eigenvalue weighted by atomic mass is 10.2. The second kappa shape index (κ2) is 6.31. The molecule has 1 atom stereocenters. The lowest BCUT2D eigenvalue weighted by Gasteiger charge is -2.31. The van der Waals surface area contributed by atoms with Crippen molar-refractivity contribution in [1.29, 1.82) is 0 Å². The molecule has 21 heavy (non-hydrogen) atoms. The van der Waals surface area contributed by atoms with E-state index < -0.39 is 10.0 Å². The van der Waals surface area contributed by atoms with Crippen LogP contribution in [0.15, 0.2) is 15.7 Å². The largest absolute Gasteiger partial charge is 0.392 e. The predicted octanol–water partition coefficient (Wildman–Crippen LogP) is 0.336. The van der Waals surface area contributed by atoms with E-state index in [1.807, 2.05) is 0 Å². The molecule has 1 aromatic heterocycles. The molecule has 0 bridgehead atoms. The van der Waals surface area contributed by atoms with Gasteiger partial charge < -0.3 is 9.84 Å². The van der Waals surface area contributed by atoms with E-state index >= 15 is 0 Å². The summed E-state index contributed by atoms with van der Waals surface area (Å²) in [6.07, 6.45) is 0.872. The third kappa shape index (κ3) is 3.15. The number of morpholine rings is 1. The van der Waals surface area contributed by atoms with E-state index in [1.165, 1.54) is 11.3 Å². The van der Waals surface area contributed by atoms with Gasteiger partial charge in [0.05, 0.1) is 19.8 Å². The molecule has 1 unspecified atom stereocenters. The fraction of sp³-hybridized carbons (Fsp3) is 0.692. The van der Waals surface area contributed by atoms with Gasteiger partial charge >= 0.3 is 0 Å². The SMILES string of the molecule is O=S(=O)(c1cc(CO)cs1)N1CCC(N2CCOCC2)C1. The normalized spacial score (nSPS) is 25.5. The quantitative estimate of drug-likeness (QED) is 0.861. The van der Waals surface area contributed by atoms with Crippen LogP contribution in [0.5, 0.6) is 0 Å². The van der Waals surface area contributed by atoms with Crippen molar-refractivity contribution < 1.29 is 18.3 Å². The van der Waals surface area contributed by atoms with E-state index in [0.29, 0.717) is 28.9 Å². The Morgan fingerprint density at radius 3 is 2.76 bits per heavy atom. The summed E-state index contributed by atoms with van der Waals surface area (Å²) in [5.74, 6) is 0. The van der Waals surface area contributed by atoms with Crippen LogP contribution in [0.3, 0.4) is 0 Å². The van der Waals surface area contributed by atoms with Crippen LogP contribution < -0.4 is 0 Å². The summed E-state index contributed by atoms with van der Waals surface area (Å²) in [5, 5.41) is 10.8. The van der Waals surface area contributed by atoms with Gasteiger partial charge in [0, 0.05) is 32.2 Å². The first-order valence-corrected chi connectivity index (χ1v) is 9.43. The van der Waals surface area contributed by atoms with E-state index in [2.05, 4.69) is 4.90 Å². The molecular weight excluding hydrogens is 312 g/mol. The van der Waals surface area contributed by atoms with Crippen molar-refractivity contribution in [3.8, 4) is 0 Å². The van der Waals surface area contributed by atoms with E-state index in [9.17, 15) is 8.42 Å². The zero-order valence-electron chi connectivity index (χ0n) is 11.8. The van der Waals surface area contributed by atoms with Crippen LogP contribution in [-0.4, -0.2) is 68.2 Å². The maximum atomic E-state index is 12.6. The Bertz CT molecular complexity index is 581. The van der Waals surface area contributed by atoms with Gasteiger partial charge in [-0.3, -0.25) is 4.90 Å². The zero-order chi connectivity index (χ0) is 14.9. The molecule has 1 N–H and O–H groups in total. The maximum Gasteiger partial charge on any atom is 0.252 e. The number of hydrogen-bond donors (Lipinski definition) is 1. The number of aliphatic hydroxyl groups is 1. The molecule has 2 saturated heterocycles. The molecule has 6 nitrogen and oxygen atoms in total. The molecule has 2 aliphatic rings. The van der Waals surface area contributed by atoms with Crippen LogP contribution in [0.1, 0.15) is 12.0 Å². The molecule has 8 heteroatoms. The summed E-state index contributed by atoms with van der Waals surface area (Å²) in [4.78, 5) is 2.33. The molecule has 1 aromatic rings. The average molecular weight is 332 g/mol. The number of nitrogens with zero attached hydrogens (tertiary/aromatic N) is 2. The summed E-state index contributed by atoms with van der Waals surface area (Å²) >= 11 is 1.18. The molecule has 0 aliphatic carbocycles. The van der Waals surface area contributed by atoms with Gasteiger partial charge in [-0.05, 0) is 23.4 Å². The van der Waals surface area contributed by atoms with Gasteiger partial charge in [0.25, 0.3) is 10.0 Å². The first-order valence-electron chi connectivity index (χ1n) is 7.11. The predicted molar refractivity (Wildman–Crippen MR) is 79.8 cm³/mol. The van der Waals surface area contributed by atoms with Crippen LogP contribution in [-0.2, 0) is 21.4 Å². The smallest absolute Gasteiger partial charge is 0.252 e. The number of aliphatic hydroxyl groups excluding tert-OH is 1. The van der Waals surface area contributed by atoms with Crippen molar-refractivity contribution in [1.82, 2.24) is 9.21 Å². The first kappa shape index (κ1) is 15.4. The van der Waals surface area contributed by atoms with Crippen molar-refractivity contribution in [2.24, 2.45) is 0 Å². The van der Waals surface area contributed by atoms with Gasteiger partial charge in [-0.15, -0.1) is 11.3 Å². The lowest BCUT2D eigenvalue weighted by Crippen LogP contribution is -2.45. The lowest BCUT2D eigenvalue weighted by molar-refractivity contribution is 0.0197. The highest BCUT2D eigenvalue weighted by molar-refractivity contribution is 7.91. The minimum atomic E-state index is -3.42. The van der Waals surface area contributed by atoms with Crippen molar-refractivity contribution in [3.05, 3.63) is 17.0 Å². The molecule has 3 heterocycles. The average Bonchev–Trinajstić information content (AvgIpc) is 3.18. The molecule has 0 radical (unpaired) electrons. The van der Waals surface area contributed by atoms with Crippen LogP contribution in [0.25, 0.3) is 0 Å². The van der Waals surface area contributed by atoms with Gasteiger partial charge in [0.2, 0.25) is 0 Å². The molecule has 0 aromatic carbocycles. The van der Waals surface area contributed by atoms with Crippen molar-refractivity contribution >= 4 is 21.4 Å². The van der Waals surface area contributed by atoms with Gasteiger partial charge in [0.15, 0.2) is 0 Å². The summed E-state index contributed by atoms with van der Waals surface area (Å²) in [6.45, 7) is 4.22. The summed E-state index contributed by atoms with van der Waals surface area (Å²) in [6, 6.07) is 1.86. The second-order valence-electron chi connectivity index (χ2n) is 5.39. The van der Waals surface area contributed by atoms with Crippen molar-refractivity contribution in [2.75, 3.05) is 39.4 Å². The number of sulfonamides is 1. The van der Waals surface area contributed by atoms with Crippen LogP contribution in [0, 0.1) is 0 Å². The highest BCUT2D eigenvalue weighted by Crippen LogP contribution is 2.28. The molecule has 0 spiro atoms. The van der Waals surface area contributed by atoms with Crippen LogP contribution in [0.4, 0.5) is 0 Å². The molecule has 2 fully saturated rings. The van der Waals surface area contributed by atoms with Gasteiger partial charge in [-0.1, -0.05) is 0 Å². The summed E-state index contributed by atoms with van der Waals surface area (Å²) < 4.78 is 32.4. The van der Waals surface area contributed by atoms with Gasteiger partial charge in [0.1, 0.15) is 4.21 Å². The Balaban J connectivity index is 1.69. The van der Waals surface area contributed by atoms with Crippen molar-refractivity contribution in [3.63, 3.8) is 0 Å². The minimum absolute atomic E-state index is 0.123. The first-order chi connectivity index (χ1) is 10.1.